The molecule has 5 heteroatoms. The van der Waals surface area contributed by atoms with Gasteiger partial charge in [0.1, 0.15) is 5.82 Å². The van der Waals surface area contributed by atoms with Gasteiger partial charge in [-0.25, -0.2) is 0 Å². The van der Waals surface area contributed by atoms with Crippen LogP contribution in [0.5, 0.6) is 0 Å². The first-order valence-corrected chi connectivity index (χ1v) is 7.04. The van der Waals surface area contributed by atoms with Gasteiger partial charge >= 0.3 is 0 Å². The number of rotatable bonds is 2. The maximum absolute atomic E-state index is 4.34. The molecule has 4 nitrogen and oxygen atoms in total. The molecule has 0 unspecified atom stereocenters. The van der Waals surface area contributed by atoms with Crippen LogP contribution in [0.2, 0.25) is 0 Å². The van der Waals surface area contributed by atoms with Gasteiger partial charge in [0.15, 0.2) is 5.82 Å². The van der Waals surface area contributed by atoms with E-state index in [0.29, 0.717) is 0 Å². The third-order valence-corrected chi connectivity index (χ3v) is 4.01. The molecule has 1 aliphatic rings. The number of hydrogen-bond acceptors (Lipinski definition) is 4. The van der Waals surface area contributed by atoms with E-state index in [0.717, 1.165) is 30.4 Å². The molecule has 0 fully saturated rings. The molecule has 1 aromatic carbocycles. The molecule has 0 spiro atoms. The number of benzene rings is 1. The van der Waals surface area contributed by atoms with Gasteiger partial charge in [-0.2, -0.15) is 0 Å². The van der Waals surface area contributed by atoms with Gasteiger partial charge in [-0.1, -0.05) is 12.1 Å². The van der Waals surface area contributed by atoms with Gasteiger partial charge in [-0.15, -0.1) is 22.0 Å². The smallest absolute Gasteiger partial charge is 0.151 e. The van der Waals surface area contributed by atoms with E-state index in [1.807, 2.05) is 11.8 Å². The highest BCUT2D eigenvalue weighted by molar-refractivity contribution is 7.99. The van der Waals surface area contributed by atoms with Gasteiger partial charge in [-0.05, 0) is 26.2 Å². The van der Waals surface area contributed by atoms with E-state index >= 15 is 0 Å². The summed E-state index contributed by atoms with van der Waals surface area (Å²) in [5.74, 6) is 3.16. The number of para-hydroxylation sites is 1. The van der Waals surface area contributed by atoms with Crippen LogP contribution < -0.4 is 0 Å². The maximum Gasteiger partial charge on any atom is 0.151 e. The summed E-state index contributed by atoms with van der Waals surface area (Å²) in [6.45, 7) is 0.812. The van der Waals surface area contributed by atoms with Crippen LogP contribution in [0.4, 0.5) is 0 Å². The van der Waals surface area contributed by atoms with Crippen LogP contribution in [-0.2, 0) is 13.0 Å². The summed E-state index contributed by atoms with van der Waals surface area (Å²) < 4.78 is 2.22. The van der Waals surface area contributed by atoms with Crippen molar-refractivity contribution in [3.8, 4) is 5.69 Å². The van der Waals surface area contributed by atoms with E-state index in [2.05, 4.69) is 58.0 Å². The third-order valence-electron chi connectivity index (χ3n) is 2.94. The van der Waals surface area contributed by atoms with Gasteiger partial charge in [0.2, 0.25) is 0 Å². The second-order valence-electron chi connectivity index (χ2n) is 4.67. The molecule has 0 saturated heterocycles. The van der Waals surface area contributed by atoms with Gasteiger partial charge in [0.25, 0.3) is 0 Å². The molecular weight excluding hydrogens is 244 g/mol. The Morgan fingerprint density at radius 3 is 2.94 bits per heavy atom. The predicted octanol–water partition coefficient (Wildman–Crippen LogP) is 1.98. The number of hydrogen-bond donors (Lipinski definition) is 0. The van der Waals surface area contributed by atoms with Gasteiger partial charge in [0.05, 0.1) is 12.2 Å². The fraction of sp³-hybridized carbons (Fsp3) is 0.385. The summed E-state index contributed by atoms with van der Waals surface area (Å²) in [7, 11) is 4.11. The van der Waals surface area contributed by atoms with E-state index in [4.69, 9.17) is 0 Å². The summed E-state index contributed by atoms with van der Waals surface area (Å²) in [6, 6.07) is 8.49. The highest BCUT2D eigenvalue weighted by atomic mass is 32.2. The summed E-state index contributed by atoms with van der Waals surface area (Å²) >= 11 is 1.90. The number of nitrogens with zero attached hydrogens (tertiary/aromatic N) is 4. The van der Waals surface area contributed by atoms with Crippen LogP contribution in [0.1, 0.15) is 11.6 Å². The molecule has 1 aliphatic heterocycles. The minimum absolute atomic E-state index is 0.812. The number of aromatic nitrogens is 3. The first-order chi connectivity index (χ1) is 8.75. The molecule has 0 aliphatic carbocycles. The van der Waals surface area contributed by atoms with Crippen molar-refractivity contribution in [3.05, 3.63) is 35.9 Å². The third kappa shape index (κ3) is 2.04. The Morgan fingerprint density at radius 2 is 2.11 bits per heavy atom. The zero-order valence-corrected chi connectivity index (χ0v) is 11.4. The lowest BCUT2D eigenvalue weighted by Gasteiger charge is -2.13. The van der Waals surface area contributed by atoms with Crippen LogP contribution in [0.25, 0.3) is 5.69 Å². The Bertz CT molecular complexity index is 562. The van der Waals surface area contributed by atoms with Crippen molar-refractivity contribution in [2.75, 3.05) is 19.8 Å². The first kappa shape index (κ1) is 11.7. The van der Waals surface area contributed by atoms with E-state index in [9.17, 15) is 0 Å². The summed E-state index contributed by atoms with van der Waals surface area (Å²) in [4.78, 5) is 3.44. The average Bonchev–Trinajstić information content (AvgIpc) is 2.63. The van der Waals surface area contributed by atoms with E-state index < -0.39 is 0 Å². The molecule has 1 aromatic heterocycles. The van der Waals surface area contributed by atoms with Crippen LogP contribution >= 0.6 is 11.8 Å². The Morgan fingerprint density at radius 1 is 1.28 bits per heavy atom. The Balaban J connectivity index is 2.15. The minimum atomic E-state index is 0.812. The fourth-order valence-corrected chi connectivity index (χ4v) is 3.18. The van der Waals surface area contributed by atoms with Crippen molar-refractivity contribution < 1.29 is 0 Å². The maximum atomic E-state index is 4.34. The molecule has 0 bridgehead atoms. The molecule has 2 heterocycles. The molecular formula is C13H16N4S. The Kier molecular flexibility index (Phi) is 3.09. The van der Waals surface area contributed by atoms with Crippen molar-refractivity contribution in [3.63, 3.8) is 0 Å². The molecule has 0 radical (unpaired) electrons. The van der Waals surface area contributed by atoms with Gasteiger partial charge < -0.3 is 4.90 Å². The lowest BCUT2D eigenvalue weighted by atomic mass is 10.3. The fourth-order valence-electron chi connectivity index (χ4n) is 2.20. The van der Waals surface area contributed by atoms with Crippen molar-refractivity contribution in [2.45, 2.75) is 17.9 Å². The molecule has 0 N–H and O–H groups in total. The quantitative estimate of drug-likeness (QED) is 0.827. The normalized spacial score (nSPS) is 14.2. The van der Waals surface area contributed by atoms with Crippen LogP contribution in [0.15, 0.2) is 29.2 Å². The van der Waals surface area contributed by atoms with Crippen molar-refractivity contribution >= 4 is 11.8 Å². The monoisotopic (exact) mass is 260 g/mol. The molecule has 0 amide bonds. The molecule has 0 atom stereocenters. The number of aryl methyl sites for hydroxylation is 1. The topological polar surface area (TPSA) is 34.0 Å². The average molecular weight is 260 g/mol. The molecule has 94 valence electrons. The van der Waals surface area contributed by atoms with Gasteiger partial charge in [-0.3, -0.25) is 4.57 Å². The second kappa shape index (κ2) is 4.74. The van der Waals surface area contributed by atoms with E-state index in [-0.39, 0.29) is 0 Å². The summed E-state index contributed by atoms with van der Waals surface area (Å²) in [6.07, 6.45) is 0.972. The lowest BCUT2D eigenvalue weighted by Crippen LogP contribution is -2.15. The van der Waals surface area contributed by atoms with E-state index in [1.165, 1.54) is 10.6 Å². The Labute approximate surface area is 111 Å². The number of fused-ring (bicyclic) bond motifs is 3. The second-order valence-corrected chi connectivity index (χ2v) is 5.81. The minimum Gasteiger partial charge on any atom is -0.302 e. The molecule has 18 heavy (non-hydrogen) atoms. The van der Waals surface area contributed by atoms with Crippen LogP contribution in [0.3, 0.4) is 0 Å². The highest BCUT2D eigenvalue weighted by Gasteiger charge is 2.19. The molecule has 2 aromatic rings. The predicted molar refractivity (Wildman–Crippen MR) is 73.2 cm³/mol. The Hall–Kier alpha value is -1.33. The number of thioether (sulfide) groups is 1. The van der Waals surface area contributed by atoms with Gasteiger partial charge in [0, 0.05) is 17.1 Å². The molecule has 0 saturated carbocycles. The van der Waals surface area contributed by atoms with Crippen molar-refractivity contribution in [1.29, 1.82) is 0 Å². The summed E-state index contributed by atoms with van der Waals surface area (Å²) in [5.41, 5.74) is 1.22. The first-order valence-electron chi connectivity index (χ1n) is 6.06. The van der Waals surface area contributed by atoms with Crippen LogP contribution in [-0.4, -0.2) is 39.5 Å². The lowest BCUT2D eigenvalue weighted by molar-refractivity contribution is 0.386. The van der Waals surface area contributed by atoms with Crippen molar-refractivity contribution in [1.82, 2.24) is 19.7 Å². The highest BCUT2D eigenvalue weighted by Crippen LogP contribution is 2.31. The zero-order chi connectivity index (χ0) is 12.5. The molecule has 3 rings (SSSR count). The van der Waals surface area contributed by atoms with Crippen LogP contribution in [0, 0.1) is 0 Å². The van der Waals surface area contributed by atoms with Crippen molar-refractivity contribution in [2.24, 2.45) is 0 Å². The summed E-state index contributed by atoms with van der Waals surface area (Å²) in [5, 5.41) is 8.68. The SMILES string of the molecule is CN(C)Cc1nnc2n1-c1ccccc1SCC2. The van der Waals surface area contributed by atoms with E-state index in [1.54, 1.807) is 0 Å². The zero-order valence-electron chi connectivity index (χ0n) is 10.6. The standard InChI is InChI=1S/C13H16N4S/c1-16(2)9-13-15-14-12-7-8-18-11-6-4-3-5-10(11)17(12)13/h3-6H,7-9H2,1-2H3. The largest absolute Gasteiger partial charge is 0.302 e.